The lowest BCUT2D eigenvalue weighted by atomic mass is 10.1. The molecule has 3 N–H and O–H groups in total. The summed E-state index contributed by atoms with van der Waals surface area (Å²) in [5, 5.41) is 11.4. The first-order valence-corrected chi connectivity index (χ1v) is 4.80. The molecule has 0 bridgehead atoms. The van der Waals surface area contributed by atoms with Crippen molar-refractivity contribution in [3.8, 4) is 6.07 Å². The second-order valence-corrected chi connectivity index (χ2v) is 3.41. The number of nitrogens with one attached hydrogen (secondary N) is 1. The maximum atomic E-state index is 11.2. The predicted octanol–water partition coefficient (Wildman–Crippen LogP) is 0.323. The number of likely N-dealkylation sites (N-methyl/N-ethyl adjacent to an activating group) is 2. The smallest absolute Gasteiger partial charge is 0.239 e. The zero-order valence-corrected chi connectivity index (χ0v) is 9.32. The third-order valence-corrected chi connectivity index (χ3v) is 2.26. The van der Waals surface area contributed by atoms with Gasteiger partial charge >= 0.3 is 0 Å². The van der Waals surface area contributed by atoms with Gasteiger partial charge in [0.2, 0.25) is 5.91 Å². The van der Waals surface area contributed by atoms with Crippen LogP contribution in [0.4, 0.5) is 11.4 Å². The Balaban J connectivity index is 2.89. The minimum atomic E-state index is -0.0853. The number of benzene rings is 1. The average Bonchev–Trinajstić information content (AvgIpc) is 2.29. The highest BCUT2D eigenvalue weighted by atomic mass is 16.1. The van der Waals surface area contributed by atoms with Gasteiger partial charge in [0.25, 0.3) is 0 Å². The van der Waals surface area contributed by atoms with E-state index in [1.807, 2.05) is 6.07 Å². The number of nitrogens with two attached hydrogens (primary N) is 1. The van der Waals surface area contributed by atoms with Crippen LogP contribution < -0.4 is 16.0 Å². The molecule has 0 saturated carbocycles. The Kier molecular flexibility index (Phi) is 3.72. The summed E-state index contributed by atoms with van der Waals surface area (Å²) >= 11 is 0. The van der Waals surface area contributed by atoms with Gasteiger partial charge in [0.05, 0.1) is 12.1 Å². The van der Waals surface area contributed by atoms with Gasteiger partial charge in [0.1, 0.15) is 6.07 Å². The van der Waals surface area contributed by atoms with E-state index in [4.69, 9.17) is 11.0 Å². The highest BCUT2D eigenvalue weighted by Gasteiger charge is 2.07. The van der Waals surface area contributed by atoms with Crippen molar-refractivity contribution in [2.75, 3.05) is 31.3 Å². The molecule has 0 aromatic heterocycles. The van der Waals surface area contributed by atoms with E-state index in [1.54, 1.807) is 37.2 Å². The first-order valence-electron chi connectivity index (χ1n) is 4.80. The lowest BCUT2D eigenvalue weighted by Crippen LogP contribution is -2.32. The number of anilines is 2. The highest BCUT2D eigenvalue weighted by molar-refractivity contribution is 5.81. The molecule has 1 aromatic rings. The Morgan fingerprint density at radius 3 is 2.88 bits per heavy atom. The predicted molar refractivity (Wildman–Crippen MR) is 62.9 cm³/mol. The van der Waals surface area contributed by atoms with Crippen molar-refractivity contribution in [2.24, 2.45) is 0 Å². The van der Waals surface area contributed by atoms with Crippen LogP contribution >= 0.6 is 0 Å². The Morgan fingerprint density at radius 2 is 2.31 bits per heavy atom. The summed E-state index contributed by atoms with van der Waals surface area (Å²) in [6, 6.07) is 7.11. The van der Waals surface area contributed by atoms with E-state index in [-0.39, 0.29) is 12.5 Å². The lowest BCUT2D eigenvalue weighted by Gasteiger charge is -2.18. The number of nitrogen functional groups attached to an aromatic ring is 1. The van der Waals surface area contributed by atoms with Gasteiger partial charge in [-0.15, -0.1) is 0 Å². The number of nitrogens with zero attached hydrogens (tertiary/aromatic N) is 2. The molecule has 5 heteroatoms. The van der Waals surface area contributed by atoms with E-state index in [0.29, 0.717) is 11.3 Å². The van der Waals surface area contributed by atoms with Crippen LogP contribution in [-0.4, -0.2) is 26.5 Å². The van der Waals surface area contributed by atoms with Crippen LogP contribution in [-0.2, 0) is 4.79 Å². The number of rotatable bonds is 3. The molecule has 0 fully saturated rings. The van der Waals surface area contributed by atoms with Gasteiger partial charge < -0.3 is 16.0 Å². The third kappa shape index (κ3) is 2.64. The highest BCUT2D eigenvalue weighted by Crippen LogP contribution is 2.19. The molecular weight excluding hydrogens is 204 g/mol. The number of nitriles is 1. The maximum Gasteiger partial charge on any atom is 0.239 e. The first-order chi connectivity index (χ1) is 7.58. The van der Waals surface area contributed by atoms with Crippen molar-refractivity contribution in [3.63, 3.8) is 0 Å². The fourth-order valence-electron chi connectivity index (χ4n) is 1.26. The molecule has 0 radical (unpaired) electrons. The normalized spacial score (nSPS) is 9.31. The zero-order valence-electron chi connectivity index (χ0n) is 9.32. The van der Waals surface area contributed by atoms with E-state index in [2.05, 4.69) is 5.32 Å². The Labute approximate surface area is 94.5 Å². The molecule has 0 saturated heterocycles. The van der Waals surface area contributed by atoms with Gasteiger partial charge in [-0.1, -0.05) is 0 Å². The summed E-state index contributed by atoms with van der Waals surface area (Å²) in [5.74, 6) is -0.0853. The molecule has 1 rings (SSSR count). The molecule has 1 amide bonds. The van der Waals surface area contributed by atoms with Crippen LogP contribution in [0.3, 0.4) is 0 Å². The largest absolute Gasteiger partial charge is 0.398 e. The molecule has 0 spiro atoms. The average molecular weight is 218 g/mol. The molecule has 0 aliphatic rings. The summed E-state index contributed by atoms with van der Waals surface area (Å²) < 4.78 is 0. The van der Waals surface area contributed by atoms with Gasteiger partial charge in [0, 0.05) is 25.5 Å². The van der Waals surface area contributed by atoms with Crippen molar-refractivity contribution in [1.82, 2.24) is 5.32 Å². The Bertz CT molecular complexity index is 436. The summed E-state index contributed by atoms with van der Waals surface area (Å²) in [4.78, 5) is 12.9. The molecular formula is C11H14N4O. The van der Waals surface area contributed by atoms with E-state index in [1.165, 1.54) is 0 Å². The second kappa shape index (κ2) is 5.03. The van der Waals surface area contributed by atoms with Crippen LogP contribution in [0.5, 0.6) is 0 Å². The van der Waals surface area contributed by atoms with Crippen molar-refractivity contribution >= 4 is 17.3 Å². The van der Waals surface area contributed by atoms with Gasteiger partial charge in [-0.2, -0.15) is 5.26 Å². The lowest BCUT2D eigenvalue weighted by molar-refractivity contribution is -0.119. The first kappa shape index (κ1) is 11.9. The van der Waals surface area contributed by atoms with E-state index >= 15 is 0 Å². The second-order valence-electron chi connectivity index (χ2n) is 3.41. The maximum absolute atomic E-state index is 11.2. The summed E-state index contributed by atoms with van der Waals surface area (Å²) in [6.07, 6.45) is 0. The molecule has 84 valence electrons. The van der Waals surface area contributed by atoms with Crippen molar-refractivity contribution in [1.29, 1.82) is 5.26 Å². The van der Waals surface area contributed by atoms with E-state index in [9.17, 15) is 4.79 Å². The van der Waals surface area contributed by atoms with Crippen LogP contribution in [0.25, 0.3) is 0 Å². The molecule has 0 heterocycles. The van der Waals surface area contributed by atoms with Gasteiger partial charge in [-0.25, -0.2) is 0 Å². The van der Waals surface area contributed by atoms with Crippen LogP contribution in [0.2, 0.25) is 0 Å². The standard InChI is InChI=1S/C11H14N4O/c1-14-11(16)7-15(2)9-3-4-10(13)8(5-9)6-12/h3-5H,7,13H2,1-2H3,(H,14,16). The molecule has 0 atom stereocenters. The van der Waals surface area contributed by atoms with Gasteiger partial charge in [0.15, 0.2) is 0 Å². The number of amides is 1. The van der Waals surface area contributed by atoms with Gasteiger partial charge in [-0.3, -0.25) is 4.79 Å². The van der Waals surface area contributed by atoms with Crippen molar-refractivity contribution < 1.29 is 4.79 Å². The van der Waals surface area contributed by atoms with Crippen LogP contribution in [0, 0.1) is 11.3 Å². The molecule has 16 heavy (non-hydrogen) atoms. The number of carbonyl (C=O) groups is 1. The molecule has 5 nitrogen and oxygen atoms in total. The summed E-state index contributed by atoms with van der Waals surface area (Å²) in [5.41, 5.74) is 7.26. The SMILES string of the molecule is CNC(=O)CN(C)c1ccc(N)c(C#N)c1. The number of carbonyl (C=O) groups excluding carboxylic acids is 1. The minimum Gasteiger partial charge on any atom is -0.398 e. The summed E-state index contributed by atoms with van der Waals surface area (Å²) in [7, 11) is 3.36. The molecule has 0 aliphatic heterocycles. The summed E-state index contributed by atoms with van der Waals surface area (Å²) in [6.45, 7) is 0.241. The minimum absolute atomic E-state index is 0.0853. The Hall–Kier alpha value is -2.22. The topological polar surface area (TPSA) is 82.2 Å². The van der Waals surface area contributed by atoms with E-state index < -0.39 is 0 Å². The van der Waals surface area contributed by atoms with E-state index in [0.717, 1.165) is 5.69 Å². The third-order valence-electron chi connectivity index (χ3n) is 2.26. The monoisotopic (exact) mass is 218 g/mol. The van der Waals surface area contributed by atoms with Gasteiger partial charge in [-0.05, 0) is 18.2 Å². The number of hydrogen-bond donors (Lipinski definition) is 2. The van der Waals surface area contributed by atoms with Crippen molar-refractivity contribution in [2.45, 2.75) is 0 Å². The molecule has 1 aromatic carbocycles. The molecule has 0 aliphatic carbocycles. The zero-order chi connectivity index (χ0) is 12.1. The fraction of sp³-hybridized carbons (Fsp3) is 0.273. The van der Waals surface area contributed by atoms with Crippen LogP contribution in [0.1, 0.15) is 5.56 Å². The fourth-order valence-corrected chi connectivity index (χ4v) is 1.26. The van der Waals surface area contributed by atoms with Crippen molar-refractivity contribution in [3.05, 3.63) is 23.8 Å². The van der Waals surface area contributed by atoms with Crippen LogP contribution in [0.15, 0.2) is 18.2 Å². The quantitative estimate of drug-likeness (QED) is 0.716. The molecule has 0 unspecified atom stereocenters. The number of hydrogen-bond acceptors (Lipinski definition) is 4. The Morgan fingerprint density at radius 1 is 1.62 bits per heavy atom.